The zero-order valence-corrected chi connectivity index (χ0v) is 17.7. The first-order valence-corrected chi connectivity index (χ1v) is 10.3. The lowest BCUT2D eigenvalue weighted by molar-refractivity contribution is -0.896. The summed E-state index contributed by atoms with van der Waals surface area (Å²) >= 11 is 0. The van der Waals surface area contributed by atoms with E-state index in [0.717, 1.165) is 32.7 Å². The Bertz CT molecular complexity index is 906. The highest BCUT2D eigenvalue weighted by Gasteiger charge is 2.22. The van der Waals surface area contributed by atoms with Gasteiger partial charge in [0.25, 0.3) is 5.91 Å². The van der Waals surface area contributed by atoms with Gasteiger partial charge in [-0.3, -0.25) is 9.69 Å². The summed E-state index contributed by atoms with van der Waals surface area (Å²) < 4.78 is 5.16. The maximum Gasteiger partial charge on any atom is 0.295 e. The molecule has 0 atom stereocenters. The Morgan fingerprint density at radius 1 is 1.16 bits per heavy atom. The summed E-state index contributed by atoms with van der Waals surface area (Å²) in [5, 5.41) is 14.5. The highest BCUT2D eigenvalue weighted by Crippen LogP contribution is 2.15. The van der Waals surface area contributed by atoms with Gasteiger partial charge in [0.2, 0.25) is 0 Å². The van der Waals surface area contributed by atoms with Crippen molar-refractivity contribution in [1.82, 2.24) is 10.3 Å². The van der Waals surface area contributed by atoms with E-state index in [2.05, 4.69) is 46.6 Å². The number of hydrogen-bond acceptors (Lipinski definition) is 6. The molecule has 2 N–H and O–H groups in total. The SMILES string of the molecule is Cc1ccc(CN2CC[NH+](CC(=O)NN=Cc3ccccc3OCC(=O)[O-])CC2)cc1. The number of para-hydroxylation sites is 1. The molecule has 0 unspecified atom stereocenters. The number of nitrogens with zero attached hydrogens (tertiary/aromatic N) is 2. The average molecular weight is 425 g/mol. The molecule has 2 aromatic rings. The van der Waals surface area contributed by atoms with E-state index in [4.69, 9.17) is 4.74 Å². The maximum absolute atomic E-state index is 12.2. The van der Waals surface area contributed by atoms with Crippen LogP contribution in [0.5, 0.6) is 5.75 Å². The lowest BCUT2D eigenvalue weighted by Crippen LogP contribution is -3.15. The zero-order valence-electron chi connectivity index (χ0n) is 17.7. The molecule has 31 heavy (non-hydrogen) atoms. The minimum absolute atomic E-state index is 0.161. The number of piperazine rings is 1. The van der Waals surface area contributed by atoms with Crippen LogP contribution in [0.2, 0.25) is 0 Å². The van der Waals surface area contributed by atoms with E-state index in [1.54, 1.807) is 24.3 Å². The zero-order chi connectivity index (χ0) is 22.1. The Morgan fingerprint density at radius 3 is 2.58 bits per heavy atom. The van der Waals surface area contributed by atoms with Gasteiger partial charge in [-0.25, -0.2) is 5.43 Å². The van der Waals surface area contributed by atoms with Gasteiger partial charge < -0.3 is 19.5 Å². The lowest BCUT2D eigenvalue weighted by atomic mass is 10.1. The summed E-state index contributed by atoms with van der Waals surface area (Å²) in [4.78, 5) is 26.4. The van der Waals surface area contributed by atoms with Crippen molar-refractivity contribution in [3.05, 3.63) is 65.2 Å². The molecule has 1 fully saturated rings. The van der Waals surface area contributed by atoms with Gasteiger partial charge in [0.15, 0.2) is 6.54 Å². The van der Waals surface area contributed by atoms with Crippen molar-refractivity contribution in [2.45, 2.75) is 13.5 Å². The minimum atomic E-state index is -1.30. The van der Waals surface area contributed by atoms with Gasteiger partial charge in [0, 0.05) is 25.2 Å². The summed E-state index contributed by atoms with van der Waals surface area (Å²) in [6.07, 6.45) is 1.44. The summed E-state index contributed by atoms with van der Waals surface area (Å²) in [5.74, 6) is -1.10. The molecule has 1 aliphatic heterocycles. The first-order chi connectivity index (χ1) is 15.0. The third kappa shape index (κ3) is 7.51. The summed E-state index contributed by atoms with van der Waals surface area (Å²) in [6, 6.07) is 15.5. The molecule has 0 bridgehead atoms. The van der Waals surface area contributed by atoms with Crippen molar-refractivity contribution in [3.8, 4) is 5.75 Å². The van der Waals surface area contributed by atoms with Crippen LogP contribution in [0.15, 0.2) is 53.6 Å². The molecule has 0 saturated carbocycles. The number of benzene rings is 2. The van der Waals surface area contributed by atoms with E-state index in [-0.39, 0.29) is 5.91 Å². The van der Waals surface area contributed by atoms with Crippen molar-refractivity contribution in [1.29, 1.82) is 0 Å². The normalized spacial score (nSPS) is 15.1. The molecular formula is C23H28N4O4. The van der Waals surface area contributed by atoms with Crippen LogP contribution >= 0.6 is 0 Å². The summed E-state index contributed by atoms with van der Waals surface area (Å²) in [6.45, 7) is 6.54. The first kappa shape index (κ1) is 22.5. The summed E-state index contributed by atoms with van der Waals surface area (Å²) in [5.41, 5.74) is 5.68. The van der Waals surface area contributed by atoms with E-state index >= 15 is 0 Å². The second kappa shape index (κ2) is 11.2. The molecule has 1 aliphatic rings. The number of ether oxygens (including phenoxy) is 1. The van der Waals surface area contributed by atoms with Crippen molar-refractivity contribution >= 4 is 18.1 Å². The monoisotopic (exact) mass is 424 g/mol. The molecule has 8 nitrogen and oxygen atoms in total. The highest BCUT2D eigenvalue weighted by atomic mass is 16.5. The van der Waals surface area contributed by atoms with Crippen molar-refractivity contribution in [2.24, 2.45) is 5.10 Å². The fraction of sp³-hybridized carbons (Fsp3) is 0.348. The molecule has 1 amide bonds. The number of carbonyl (C=O) groups excluding carboxylic acids is 2. The largest absolute Gasteiger partial charge is 0.546 e. The average Bonchev–Trinajstić information content (AvgIpc) is 2.76. The van der Waals surface area contributed by atoms with E-state index in [1.807, 2.05) is 0 Å². The Morgan fingerprint density at radius 2 is 1.87 bits per heavy atom. The fourth-order valence-electron chi connectivity index (χ4n) is 3.45. The molecular weight excluding hydrogens is 396 g/mol. The van der Waals surface area contributed by atoms with Crippen LogP contribution < -0.4 is 20.2 Å². The van der Waals surface area contributed by atoms with E-state index in [0.29, 0.717) is 17.9 Å². The number of quaternary nitrogens is 1. The van der Waals surface area contributed by atoms with Gasteiger partial charge in [0.05, 0.1) is 25.3 Å². The molecule has 1 saturated heterocycles. The second-order valence-electron chi connectivity index (χ2n) is 7.68. The number of hydrazone groups is 1. The van der Waals surface area contributed by atoms with Crippen LogP contribution in [-0.2, 0) is 16.1 Å². The number of aryl methyl sites for hydroxylation is 1. The van der Waals surface area contributed by atoms with Crippen LogP contribution in [0.1, 0.15) is 16.7 Å². The van der Waals surface area contributed by atoms with Crippen molar-refractivity contribution in [3.63, 3.8) is 0 Å². The fourth-order valence-corrected chi connectivity index (χ4v) is 3.45. The molecule has 2 aromatic carbocycles. The smallest absolute Gasteiger partial charge is 0.295 e. The number of rotatable bonds is 9. The quantitative estimate of drug-likeness (QED) is 0.397. The molecule has 0 spiro atoms. The van der Waals surface area contributed by atoms with Gasteiger partial charge in [0.1, 0.15) is 12.4 Å². The number of amides is 1. The highest BCUT2D eigenvalue weighted by molar-refractivity contribution is 5.85. The van der Waals surface area contributed by atoms with Gasteiger partial charge in [-0.1, -0.05) is 42.0 Å². The Hall–Kier alpha value is -3.23. The molecule has 3 rings (SSSR count). The standard InChI is InChI=1S/C23H28N4O4/c1-18-6-8-19(9-7-18)15-26-10-12-27(13-11-26)16-22(28)25-24-14-20-4-2-3-5-21(20)31-17-23(29)30/h2-9,14H,10-13,15-17H2,1H3,(H,25,28)(H,29,30). The number of carboxylic acids is 1. The van der Waals surface area contributed by atoms with Gasteiger partial charge >= 0.3 is 0 Å². The third-order valence-corrected chi connectivity index (χ3v) is 5.16. The first-order valence-electron chi connectivity index (χ1n) is 10.3. The number of nitrogens with one attached hydrogen (secondary N) is 2. The van der Waals surface area contributed by atoms with Crippen LogP contribution in [0, 0.1) is 6.92 Å². The third-order valence-electron chi connectivity index (χ3n) is 5.16. The van der Waals surface area contributed by atoms with Crippen LogP contribution in [0.3, 0.4) is 0 Å². The van der Waals surface area contributed by atoms with Gasteiger partial charge in [-0.15, -0.1) is 0 Å². The number of carbonyl (C=O) groups is 2. The molecule has 0 radical (unpaired) electrons. The Labute approximate surface area is 182 Å². The number of aliphatic carboxylic acids is 1. The summed E-state index contributed by atoms with van der Waals surface area (Å²) in [7, 11) is 0. The van der Waals surface area contributed by atoms with Gasteiger partial charge in [-0.05, 0) is 24.6 Å². The van der Waals surface area contributed by atoms with E-state index < -0.39 is 12.6 Å². The van der Waals surface area contributed by atoms with Crippen molar-refractivity contribution < 1.29 is 24.3 Å². The molecule has 164 valence electrons. The van der Waals surface area contributed by atoms with Crippen molar-refractivity contribution in [2.75, 3.05) is 39.3 Å². The topological polar surface area (TPSA) is 98.5 Å². The van der Waals surface area contributed by atoms with E-state index in [9.17, 15) is 14.7 Å². The molecule has 0 aliphatic carbocycles. The lowest BCUT2D eigenvalue weighted by Gasteiger charge is -2.31. The Kier molecular flexibility index (Phi) is 8.14. The van der Waals surface area contributed by atoms with Gasteiger partial charge in [-0.2, -0.15) is 5.10 Å². The van der Waals surface area contributed by atoms with E-state index in [1.165, 1.54) is 22.2 Å². The van der Waals surface area contributed by atoms with Crippen LogP contribution in [0.25, 0.3) is 0 Å². The maximum atomic E-state index is 12.2. The molecule has 1 heterocycles. The van der Waals surface area contributed by atoms with Crippen LogP contribution in [0.4, 0.5) is 0 Å². The predicted octanol–water partition coefficient (Wildman–Crippen LogP) is -1.03. The number of hydrogen-bond donors (Lipinski definition) is 2. The second-order valence-corrected chi connectivity index (χ2v) is 7.68. The van der Waals surface area contributed by atoms with Crippen LogP contribution in [-0.4, -0.2) is 62.3 Å². The molecule has 0 aromatic heterocycles. The Balaban J connectivity index is 1.41. The minimum Gasteiger partial charge on any atom is -0.546 e. The molecule has 8 heteroatoms. The number of carboxylic acid groups (broad SMARTS) is 1. The predicted molar refractivity (Wildman–Crippen MR) is 115 cm³/mol.